The normalized spacial score (nSPS) is 17.7. The van der Waals surface area contributed by atoms with Gasteiger partial charge in [0.05, 0.1) is 5.52 Å². The van der Waals surface area contributed by atoms with Crippen molar-refractivity contribution < 1.29 is 0 Å². The average Bonchev–Trinajstić information content (AvgIpc) is 2.26. The molecular formula is C14H17N3. The summed E-state index contributed by atoms with van der Waals surface area (Å²) in [4.78, 5) is 8.90. The van der Waals surface area contributed by atoms with E-state index in [1.54, 1.807) is 0 Å². The molecule has 1 aliphatic rings. The first-order valence-corrected chi connectivity index (χ1v) is 6.31. The lowest BCUT2D eigenvalue weighted by Crippen LogP contribution is -2.31. The molecule has 3 rings (SSSR count). The zero-order chi connectivity index (χ0) is 11.7. The minimum Gasteiger partial charge on any atom is -0.351 e. The third kappa shape index (κ3) is 2.09. The van der Waals surface area contributed by atoms with Crippen LogP contribution in [0.25, 0.3) is 10.9 Å². The lowest BCUT2D eigenvalue weighted by Gasteiger charge is -2.31. The molecule has 0 radical (unpaired) electrons. The van der Waals surface area contributed by atoms with Gasteiger partial charge in [-0.3, -0.25) is 0 Å². The minimum absolute atomic E-state index is 0.477. The van der Waals surface area contributed by atoms with Gasteiger partial charge in [0.2, 0.25) is 5.95 Å². The van der Waals surface area contributed by atoms with Gasteiger partial charge in [0.1, 0.15) is 0 Å². The molecule has 2 aromatic rings. The van der Waals surface area contributed by atoms with Gasteiger partial charge in [-0.1, -0.05) is 24.6 Å². The summed E-state index contributed by atoms with van der Waals surface area (Å²) in [5.41, 5.74) is 1.01. The number of fused-ring (bicyclic) bond motifs is 1. The van der Waals surface area contributed by atoms with Gasteiger partial charge in [-0.15, -0.1) is 0 Å². The Labute approximate surface area is 101 Å². The molecule has 1 aromatic carbocycles. The monoisotopic (exact) mass is 227 g/mol. The maximum atomic E-state index is 4.53. The average molecular weight is 227 g/mol. The maximum Gasteiger partial charge on any atom is 0.223 e. The lowest BCUT2D eigenvalue weighted by molar-refractivity contribution is 0.284. The second-order valence-corrected chi connectivity index (χ2v) is 4.88. The Morgan fingerprint density at radius 2 is 2.12 bits per heavy atom. The quantitative estimate of drug-likeness (QED) is 0.874. The fourth-order valence-corrected chi connectivity index (χ4v) is 2.30. The standard InChI is InChI=1S/C14H17N3/c1-10(11-6-4-7-11)16-14-15-9-12-5-2-3-8-13(12)17-14/h2-3,5,8-11H,4,6-7H2,1H3,(H,15,16,17). The van der Waals surface area contributed by atoms with Crippen molar-refractivity contribution in [3.63, 3.8) is 0 Å². The van der Waals surface area contributed by atoms with Gasteiger partial charge in [0.15, 0.2) is 0 Å². The Morgan fingerprint density at radius 1 is 1.29 bits per heavy atom. The van der Waals surface area contributed by atoms with E-state index >= 15 is 0 Å². The smallest absolute Gasteiger partial charge is 0.223 e. The van der Waals surface area contributed by atoms with E-state index in [0.29, 0.717) is 6.04 Å². The van der Waals surface area contributed by atoms with Crippen molar-refractivity contribution in [1.29, 1.82) is 0 Å². The minimum atomic E-state index is 0.477. The Bertz CT molecular complexity index is 520. The first-order chi connectivity index (χ1) is 8.33. The maximum absolute atomic E-state index is 4.53. The van der Waals surface area contributed by atoms with Crippen molar-refractivity contribution in [2.24, 2.45) is 5.92 Å². The van der Waals surface area contributed by atoms with Crippen LogP contribution in [0.5, 0.6) is 0 Å². The zero-order valence-electron chi connectivity index (χ0n) is 10.1. The van der Waals surface area contributed by atoms with Crippen molar-refractivity contribution in [1.82, 2.24) is 9.97 Å². The first-order valence-electron chi connectivity index (χ1n) is 6.31. The van der Waals surface area contributed by atoms with Gasteiger partial charge in [-0.2, -0.15) is 0 Å². The summed E-state index contributed by atoms with van der Waals surface area (Å²) >= 11 is 0. The summed E-state index contributed by atoms with van der Waals surface area (Å²) in [7, 11) is 0. The van der Waals surface area contributed by atoms with Crippen molar-refractivity contribution >= 4 is 16.9 Å². The van der Waals surface area contributed by atoms with Crippen LogP contribution in [0.2, 0.25) is 0 Å². The van der Waals surface area contributed by atoms with E-state index in [2.05, 4.69) is 22.2 Å². The number of para-hydroxylation sites is 1. The van der Waals surface area contributed by atoms with Crippen molar-refractivity contribution in [3.05, 3.63) is 30.5 Å². The second kappa shape index (κ2) is 4.32. The highest BCUT2D eigenvalue weighted by molar-refractivity contribution is 5.78. The molecule has 3 nitrogen and oxygen atoms in total. The van der Waals surface area contributed by atoms with Crippen LogP contribution in [-0.2, 0) is 0 Å². The van der Waals surface area contributed by atoms with E-state index in [9.17, 15) is 0 Å². The molecule has 1 fully saturated rings. The molecule has 0 spiro atoms. The number of hydrogen-bond donors (Lipinski definition) is 1. The molecule has 1 atom stereocenters. The number of nitrogens with one attached hydrogen (secondary N) is 1. The molecular weight excluding hydrogens is 210 g/mol. The molecule has 1 aromatic heterocycles. The number of anilines is 1. The van der Waals surface area contributed by atoms with E-state index in [1.165, 1.54) is 19.3 Å². The lowest BCUT2D eigenvalue weighted by atomic mass is 9.80. The first kappa shape index (κ1) is 10.5. The molecule has 1 heterocycles. The number of nitrogens with zero attached hydrogens (tertiary/aromatic N) is 2. The second-order valence-electron chi connectivity index (χ2n) is 4.88. The number of aromatic nitrogens is 2. The van der Waals surface area contributed by atoms with E-state index in [-0.39, 0.29) is 0 Å². The predicted molar refractivity (Wildman–Crippen MR) is 70.0 cm³/mol. The molecule has 1 N–H and O–H groups in total. The van der Waals surface area contributed by atoms with Gasteiger partial charge < -0.3 is 5.32 Å². The van der Waals surface area contributed by atoms with E-state index in [0.717, 1.165) is 22.8 Å². The molecule has 0 bridgehead atoms. The highest BCUT2D eigenvalue weighted by Gasteiger charge is 2.24. The van der Waals surface area contributed by atoms with Crippen LogP contribution >= 0.6 is 0 Å². The fraction of sp³-hybridized carbons (Fsp3) is 0.429. The van der Waals surface area contributed by atoms with E-state index in [1.807, 2.05) is 30.5 Å². The molecule has 1 unspecified atom stereocenters. The third-order valence-corrected chi connectivity index (χ3v) is 3.70. The Hall–Kier alpha value is -1.64. The van der Waals surface area contributed by atoms with Crippen LogP contribution in [-0.4, -0.2) is 16.0 Å². The summed E-state index contributed by atoms with van der Waals surface area (Å²) in [5.74, 6) is 1.55. The summed E-state index contributed by atoms with van der Waals surface area (Å²) in [6.45, 7) is 2.22. The molecule has 1 saturated carbocycles. The summed E-state index contributed by atoms with van der Waals surface area (Å²) in [6, 6.07) is 8.56. The largest absolute Gasteiger partial charge is 0.351 e. The molecule has 0 aliphatic heterocycles. The Balaban J connectivity index is 1.80. The topological polar surface area (TPSA) is 37.8 Å². The molecule has 88 valence electrons. The molecule has 17 heavy (non-hydrogen) atoms. The van der Waals surface area contributed by atoms with Gasteiger partial charge in [0.25, 0.3) is 0 Å². The van der Waals surface area contributed by atoms with Crippen LogP contribution in [0, 0.1) is 5.92 Å². The zero-order valence-corrected chi connectivity index (χ0v) is 10.1. The highest BCUT2D eigenvalue weighted by Crippen LogP contribution is 2.30. The van der Waals surface area contributed by atoms with Crippen LogP contribution in [0.3, 0.4) is 0 Å². The fourth-order valence-electron chi connectivity index (χ4n) is 2.30. The van der Waals surface area contributed by atoms with E-state index in [4.69, 9.17) is 0 Å². The summed E-state index contributed by atoms with van der Waals surface area (Å²) in [5, 5.41) is 4.51. The van der Waals surface area contributed by atoms with Crippen LogP contribution in [0.1, 0.15) is 26.2 Å². The Kier molecular flexibility index (Phi) is 2.67. The van der Waals surface area contributed by atoms with Gasteiger partial charge >= 0.3 is 0 Å². The summed E-state index contributed by atoms with van der Waals surface area (Å²) < 4.78 is 0. The van der Waals surface area contributed by atoms with Gasteiger partial charge in [0, 0.05) is 17.6 Å². The highest BCUT2D eigenvalue weighted by atomic mass is 15.1. The van der Waals surface area contributed by atoms with Gasteiger partial charge in [-0.05, 0) is 31.7 Å². The van der Waals surface area contributed by atoms with Crippen LogP contribution in [0.15, 0.2) is 30.5 Å². The van der Waals surface area contributed by atoms with Crippen molar-refractivity contribution in [2.45, 2.75) is 32.2 Å². The molecule has 3 heteroatoms. The number of hydrogen-bond acceptors (Lipinski definition) is 3. The molecule has 1 aliphatic carbocycles. The van der Waals surface area contributed by atoms with Crippen molar-refractivity contribution in [3.8, 4) is 0 Å². The predicted octanol–water partition coefficient (Wildman–Crippen LogP) is 3.23. The number of benzene rings is 1. The third-order valence-electron chi connectivity index (χ3n) is 3.70. The van der Waals surface area contributed by atoms with E-state index < -0.39 is 0 Å². The SMILES string of the molecule is CC(Nc1ncc2ccccc2n1)C1CCC1. The Morgan fingerprint density at radius 3 is 2.88 bits per heavy atom. The summed E-state index contributed by atoms with van der Waals surface area (Å²) in [6.07, 6.45) is 5.93. The van der Waals surface area contributed by atoms with Gasteiger partial charge in [-0.25, -0.2) is 9.97 Å². The van der Waals surface area contributed by atoms with Crippen molar-refractivity contribution in [2.75, 3.05) is 5.32 Å². The number of rotatable bonds is 3. The molecule has 0 saturated heterocycles. The molecule has 0 amide bonds. The van der Waals surface area contributed by atoms with Crippen LogP contribution in [0.4, 0.5) is 5.95 Å². The van der Waals surface area contributed by atoms with Crippen LogP contribution < -0.4 is 5.32 Å².